The summed E-state index contributed by atoms with van der Waals surface area (Å²) in [6.45, 7) is 0.412. The predicted molar refractivity (Wildman–Crippen MR) is 73.4 cm³/mol. The monoisotopic (exact) mass is 256 g/mol. The molecule has 0 amide bonds. The van der Waals surface area contributed by atoms with E-state index in [1.54, 1.807) is 12.1 Å². The van der Waals surface area contributed by atoms with Crippen molar-refractivity contribution >= 4 is 16.6 Å². The minimum atomic E-state index is -0.271. The minimum absolute atomic E-state index is 0.271. The SMILES string of the molecule is Nc1ccc2[nH]cc(COc3ccc(F)cc3)c2c1. The molecule has 0 bridgehead atoms. The topological polar surface area (TPSA) is 51.0 Å². The van der Waals surface area contributed by atoms with Crippen LogP contribution in [0.3, 0.4) is 0 Å². The molecule has 0 atom stereocenters. The second-order valence-electron chi connectivity index (χ2n) is 4.36. The molecule has 0 saturated heterocycles. The minimum Gasteiger partial charge on any atom is -0.489 e. The van der Waals surface area contributed by atoms with Crippen LogP contribution >= 0.6 is 0 Å². The van der Waals surface area contributed by atoms with E-state index in [2.05, 4.69) is 4.98 Å². The molecule has 3 rings (SSSR count). The molecule has 3 nitrogen and oxygen atoms in total. The van der Waals surface area contributed by atoms with E-state index < -0.39 is 0 Å². The Hall–Kier alpha value is -2.49. The second kappa shape index (κ2) is 4.65. The van der Waals surface area contributed by atoms with Crippen molar-refractivity contribution in [2.75, 3.05) is 5.73 Å². The van der Waals surface area contributed by atoms with Crippen LogP contribution in [0.2, 0.25) is 0 Å². The lowest BCUT2D eigenvalue weighted by molar-refractivity contribution is 0.307. The fourth-order valence-corrected chi connectivity index (χ4v) is 2.01. The molecule has 2 aromatic carbocycles. The number of nitrogens with one attached hydrogen (secondary N) is 1. The number of aromatic amines is 1. The first-order valence-electron chi connectivity index (χ1n) is 5.96. The summed E-state index contributed by atoms with van der Waals surface area (Å²) in [6, 6.07) is 11.7. The van der Waals surface area contributed by atoms with E-state index in [0.717, 1.165) is 22.2 Å². The van der Waals surface area contributed by atoms with Crippen LogP contribution in [-0.4, -0.2) is 4.98 Å². The molecule has 19 heavy (non-hydrogen) atoms. The van der Waals surface area contributed by atoms with Gasteiger partial charge >= 0.3 is 0 Å². The number of hydrogen-bond acceptors (Lipinski definition) is 2. The van der Waals surface area contributed by atoms with Crippen molar-refractivity contribution in [1.29, 1.82) is 0 Å². The highest BCUT2D eigenvalue weighted by Crippen LogP contribution is 2.22. The van der Waals surface area contributed by atoms with Crippen LogP contribution in [0.25, 0.3) is 10.9 Å². The van der Waals surface area contributed by atoms with Crippen LogP contribution < -0.4 is 10.5 Å². The maximum absolute atomic E-state index is 12.8. The molecule has 3 N–H and O–H groups in total. The Balaban J connectivity index is 1.81. The van der Waals surface area contributed by atoms with Crippen molar-refractivity contribution in [3.63, 3.8) is 0 Å². The highest BCUT2D eigenvalue weighted by Gasteiger charge is 2.05. The van der Waals surface area contributed by atoms with Crippen molar-refractivity contribution in [3.8, 4) is 5.75 Å². The summed E-state index contributed by atoms with van der Waals surface area (Å²) in [5, 5.41) is 1.04. The molecule has 0 saturated carbocycles. The van der Waals surface area contributed by atoms with Gasteiger partial charge in [-0.05, 0) is 42.5 Å². The van der Waals surface area contributed by atoms with Crippen LogP contribution in [0.5, 0.6) is 5.75 Å². The zero-order valence-electron chi connectivity index (χ0n) is 10.2. The summed E-state index contributed by atoms with van der Waals surface area (Å²) in [4.78, 5) is 3.17. The van der Waals surface area contributed by atoms with E-state index in [-0.39, 0.29) is 5.82 Å². The lowest BCUT2D eigenvalue weighted by atomic mass is 10.1. The van der Waals surface area contributed by atoms with Gasteiger partial charge in [0.15, 0.2) is 0 Å². The Kier molecular flexibility index (Phi) is 2.83. The molecule has 0 aliphatic heterocycles. The zero-order valence-corrected chi connectivity index (χ0v) is 10.2. The van der Waals surface area contributed by atoms with Crippen LogP contribution in [0, 0.1) is 5.82 Å². The molecule has 96 valence electrons. The number of anilines is 1. The van der Waals surface area contributed by atoms with E-state index in [9.17, 15) is 4.39 Å². The summed E-state index contributed by atoms with van der Waals surface area (Å²) in [5.74, 6) is 0.367. The second-order valence-corrected chi connectivity index (χ2v) is 4.36. The van der Waals surface area contributed by atoms with Crippen LogP contribution in [0.1, 0.15) is 5.56 Å². The highest BCUT2D eigenvalue weighted by molar-refractivity contribution is 5.85. The van der Waals surface area contributed by atoms with Gasteiger partial charge in [-0.1, -0.05) is 0 Å². The first kappa shape index (κ1) is 11.6. The molecule has 0 aliphatic rings. The summed E-state index contributed by atoms with van der Waals surface area (Å²) in [7, 11) is 0. The molecule has 0 aliphatic carbocycles. The average molecular weight is 256 g/mol. The third-order valence-electron chi connectivity index (χ3n) is 3.00. The molecule has 0 fully saturated rings. The number of rotatable bonds is 3. The first-order valence-corrected chi connectivity index (χ1v) is 5.96. The van der Waals surface area contributed by atoms with Crippen molar-refractivity contribution < 1.29 is 9.13 Å². The van der Waals surface area contributed by atoms with Crippen LogP contribution in [0.15, 0.2) is 48.7 Å². The fraction of sp³-hybridized carbons (Fsp3) is 0.0667. The summed E-state index contributed by atoms with van der Waals surface area (Å²) >= 11 is 0. The van der Waals surface area contributed by atoms with Crippen molar-refractivity contribution in [2.45, 2.75) is 6.61 Å². The normalized spacial score (nSPS) is 10.8. The zero-order chi connectivity index (χ0) is 13.2. The van der Waals surface area contributed by atoms with Gasteiger partial charge in [0.2, 0.25) is 0 Å². The summed E-state index contributed by atoms with van der Waals surface area (Å²) in [6.07, 6.45) is 1.90. The maximum Gasteiger partial charge on any atom is 0.123 e. The molecule has 0 spiro atoms. The van der Waals surface area contributed by atoms with Crippen molar-refractivity contribution in [3.05, 3.63) is 60.0 Å². The van der Waals surface area contributed by atoms with Gasteiger partial charge in [-0.2, -0.15) is 0 Å². The van der Waals surface area contributed by atoms with E-state index >= 15 is 0 Å². The van der Waals surface area contributed by atoms with Crippen molar-refractivity contribution in [1.82, 2.24) is 4.98 Å². The standard InChI is InChI=1S/C15H13FN2O/c16-11-1-4-13(5-2-11)19-9-10-8-18-15-6-3-12(17)7-14(10)15/h1-8,18H,9,17H2. The smallest absolute Gasteiger partial charge is 0.123 e. The lowest BCUT2D eigenvalue weighted by Crippen LogP contribution is -1.94. The number of aromatic nitrogens is 1. The van der Waals surface area contributed by atoms with Crippen LogP contribution in [0.4, 0.5) is 10.1 Å². The van der Waals surface area contributed by atoms with Gasteiger partial charge in [-0.15, -0.1) is 0 Å². The van der Waals surface area contributed by atoms with Crippen LogP contribution in [-0.2, 0) is 6.61 Å². The number of fused-ring (bicyclic) bond motifs is 1. The Bertz CT molecular complexity index is 704. The Morgan fingerprint density at radius 3 is 2.68 bits per heavy atom. The third-order valence-corrected chi connectivity index (χ3v) is 3.00. The molecular weight excluding hydrogens is 243 g/mol. The predicted octanol–water partition coefficient (Wildman–Crippen LogP) is 3.47. The van der Waals surface area contributed by atoms with E-state index in [4.69, 9.17) is 10.5 Å². The van der Waals surface area contributed by atoms with Gasteiger partial charge in [0.1, 0.15) is 18.2 Å². The molecule has 1 heterocycles. The van der Waals surface area contributed by atoms with E-state index in [1.807, 2.05) is 24.4 Å². The number of benzene rings is 2. The third kappa shape index (κ3) is 2.38. The van der Waals surface area contributed by atoms with Gasteiger partial charge in [0.25, 0.3) is 0 Å². The Morgan fingerprint density at radius 2 is 1.89 bits per heavy atom. The molecule has 1 aromatic heterocycles. The Labute approximate surface area is 109 Å². The van der Waals surface area contributed by atoms with Gasteiger partial charge < -0.3 is 15.5 Å². The van der Waals surface area contributed by atoms with Gasteiger partial charge in [-0.3, -0.25) is 0 Å². The quantitative estimate of drug-likeness (QED) is 0.705. The number of ether oxygens (including phenoxy) is 1. The van der Waals surface area contributed by atoms with Gasteiger partial charge in [0.05, 0.1) is 0 Å². The summed E-state index contributed by atoms with van der Waals surface area (Å²) < 4.78 is 18.4. The summed E-state index contributed by atoms with van der Waals surface area (Å²) in [5.41, 5.74) is 8.54. The number of nitrogens with two attached hydrogens (primary N) is 1. The van der Waals surface area contributed by atoms with E-state index in [1.165, 1.54) is 12.1 Å². The lowest BCUT2D eigenvalue weighted by Gasteiger charge is -2.05. The fourth-order valence-electron chi connectivity index (χ4n) is 2.01. The van der Waals surface area contributed by atoms with Gasteiger partial charge in [-0.25, -0.2) is 4.39 Å². The molecular formula is C15H13FN2O. The number of H-pyrrole nitrogens is 1. The molecule has 0 radical (unpaired) electrons. The average Bonchev–Trinajstić information content (AvgIpc) is 2.80. The van der Waals surface area contributed by atoms with E-state index in [0.29, 0.717) is 12.4 Å². The molecule has 0 unspecified atom stereocenters. The maximum atomic E-state index is 12.8. The first-order chi connectivity index (χ1) is 9.22. The molecule has 4 heteroatoms. The number of hydrogen-bond donors (Lipinski definition) is 2. The van der Waals surface area contributed by atoms with Gasteiger partial charge in [0, 0.05) is 28.4 Å². The number of halogens is 1. The highest BCUT2D eigenvalue weighted by atomic mass is 19.1. The molecule has 3 aromatic rings. The largest absolute Gasteiger partial charge is 0.489 e. The Morgan fingerprint density at radius 1 is 1.11 bits per heavy atom. The van der Waals surface area contributed by atoms with Crippen molar-refractivity contribution in [2.24, 2.45) is 0 Å². The number of nitrogen functional groups attached to an aromatic ring is 1.